The average Bonchev–Trinajstić information content (AvgIpc) is 2.46. The maximum Gasteiger partial charge on any atom is 0.209 e. The highest BCUT2D eigenvalue weighted by Gasteiger charge is 2.04. The van der Waals surface area contributed by atoms with Crippen molar-refractivity contribution in [3.8, 4) is 6.07 Å². The second-order valence-electron chi connectivity index (χ2n) is 2.55. The highest BCUT2D eigenvalue weighted by molar-refractivity contribution is 14.1. The van der Waals surface area contributed by atoms with E-state index in [-0.39, 0.29) is 6.42 Å². The molecular formula is C9H5IN2O. The molecule has 2 rings (SSSR count). The number of nitriles is 1. The summed E-state index contributed by atoms with van der Waals surface area (Å²) in [7, 11) is 0. The Morgan fingerprint density at radius 2 is 2.38 bits per heavy atom. The van der Waals surface area contributed by atoms with E-state index in [1.165, 1.54) is 0 Å². The molecule has 0 saturated heterocycles. The summed E-state index contributed by atoms with van der Waals surface area (Å²) in [5.74, 6) is 0.486. The van der Waals surface area contributed by atoms with Gasteiger partial charge in [0, 0.05) is 3.57 Å². The van der Waals surface area contributed by atoms with Gasteiger partial charge in [0.05, 0.1) is 6.07 Å². The summed E-state index contributed by atoms with van der Waals surface area (Å²) < 4.78 is 6.44. The lowest BCUT2D eigenvalue weighted by atomic mass is 10.3. The summed E-state index contributed by atoms with van der Waals surface area (Å²) in [6.07, 6.45) is 0.227. The second kappa shape index (κ2) is 3.34. The quantitative estimate of drug-likeness (QED) is 0.756. The molecule has 0 saturated carbocycles. The van der Waals surface area contributed by atoms with Crippen LogP contribution in [0.4, 0.5) is 0 Å². The Hall–Kier alpha value is -1.09. The first kappa shape index (κ1) is 8.51. The Morgan fingerprint density at radius 3 is 3.15 bits per heavy atom. The van der Waals surface area contributed by atoms with Gasteiger partial charge in [0.1, 0.15) is 11.9 Å². The van der Waals surface area contributed by atoms with Crippen LogP contribution >= 0.6 is 22.6 Å². The molecule has 0 spiro atoms. The number of nitrogens with zero attached hydrogens (tertiary/aromatic N) is 2. The van der Waals surface area contributed by atoms with Crippen LogP contribution in [-0.2, 0) is 6.42 Å². The van der Waals surface area contributed by atoms with E-state index in [1.54, 1.807) is 0 Å². The number of hydrogen-bond acceptors (Lipinski definition) is 3. The number of rotatable bonds is 1. The van der Waals surface area contributed by atoms with E-state index in [0.29, 0.717) is 5.89 Å². The van der Waals surface area contributed by atoms with Gasteiger partial charge in [-0.05, 0) is 40.8 Å². The fourth-order valence-electron chi connectivity index (χ4n) is 1.09. The van der Waals surface area contributed by atoms with Gasteiger partial charge in [-0.1, -0.05) is 0 Å². The average molecular weight is 284 g/mol. The predicted molar refractivity (Wildman–Crippen MR) is 56.0 cm³/mol. The summed E-state index contributed by atoms with van der Waals surface area (Å²) in [6, 6.07) is 7.75. The van der Waals surface area contributed by atoms with Gasteiger partial charge in [-0.15, -0.1) is 0 Å². The van der Waals surface area contributed by atoms with Crippen LogP contribution in [0.2, 0.25) is 0 Å². The van der Waals surface area contributed by atoms with E-state index < -0.39 is 0 Å². The molecule has 1 aromatic heterocycles. The maximum absolute atomic E-state index is 8.45. The number of benzene rings is 1. The first-order valence-corrected chi connectivity index (χ1v) is 4.79. The molecule has 1 aromatic carbocycles. The van der Waals surface area contributed by atoms with Gasteiger partial charge in [0.15, 0.2) is 5.58 Å². The summed E-state index contributed by atoms with van der Waals surface area (Å²) >= 11 is 2.21. The smallest absolute Gasteiger partial charge is 0.209 e. The van der Waals surface area contributed by atoms with Gasteiger partial charge in [-0.25, -0.2) is 4.98 Å². The van der Waals surface area contributed by atoms with E-state index in [0.717, 1.165) is 14.7 Å². The molecule has 2 aromatic rings. The maximum atomic E-state index is 8.45. The molecule has 0 aliphatic carbocycles. The molecule has 0 fully saturated rings. The van der Waals surface area contributed by atoms with E-state index in [2.05, 4.69) is 27.6 Å². The molecule has 3 nitrogen and oxygen atoms in total. The molecule has 0 aliphatic rings. The molecular weight excluding hydrogens is 279 g/mol. The van der Waals surface area contributed by atoms with Crippen LogP contribution in [0.5, 0.6) is 0 Å². The van der Waals surface area contributed by atoms with Gasteiger partial charge >= 0.3 is 0 Å². The van der Waals surface area contributed by atoms with Gasteiger partial charge in [0.2, 0.25) is 5.89 Å². The van der Waals surface area contributed by atoms with Crippen molar-refractivity contribution in [1.29, 1.82) is 5.26 Å². The van der Waals surface area contributed by atoms with Crippen LogP contribution in [0.3, 0.4) is 0 Å². The lowest BCUT2D eigenvalue weighted by Gasteiger charge is -1.86. The molecule has 0 N–H and O–H groups in total. The summed E-state index contributed by atoms with van der Waals surface area (Å²) in [5, 5.41) is 8.45. The lowest BCUT2D eigenvalue weighted by Crippen LogP contribution is -1.78. The first-order valence-electron chi connectivity index (χ1n) is 3.71. The van der Waals surface area contributed by atoms with Crippen molar-refractivity contribution in [1.82, 2.24) is 4.98 Å². The second-order valence-corrected chi connectivity index (χ2v) is 3.80. The Balaban J connectivity index is 2.57. The van der Waals surface area contributed by atoms with Crippen molar-refractivity contribution in [2.24, 2.45) is 0 Å². The third-order valence-electron chi connectivity index (χ3n) is 1.62. The van der Waals surface area contributed by atoms with E-state index >= 15 is 0 Å². The molecule has 4 heteroatoms. The molecule has 0 amide bonds. The Bertz CT molecular complexity index is 484. The highest BCUT2D eigenvalue weighted by atomic mass is 127. The number of hydrogen-bond donors (Lipinski definition) is 0. The van der Waals surface area contributed by atoms with Gasteiger partial charge < -0.3 is 4.42 Å². The van der Waals surface area contributed by atoms with Crippen molar-refractivity contribution in [2.45, 2.75) is 6.42 Å². The highest BCUT2D eigenvalue weighted by Crippen LogP contribution is 2.18. The predicted octanol–water partition coefficient (Wildman–Crippen LogP) is 2.50. The zero-order chi connectivity index (χ0) is 9.26. The molecule has 1 heterocycles. The summed E-state index contributed by atoms with van der Waals surface area (Å²) in [5.41, 5.74) is 1.56. The lowest BCUT2D eigenvalue weighted by molar-refractivity contribution is 0.548. The van der Waals surface area contributed by atoms with Crippen molar-refractivity contribution < 1.29 is 4.42 Å². The normalized spacial score (nSPS) is 10.2. The monoisotopic (exact) mass is 284 g/mol. The Morgan fingerprint density at radius 1 is 1.54 bits per heavy atom. The van der Waals surface area contributed by atoms with Crippen LogP contribution in [0.15, 0.2) is 22.6 Å². The fraction of sp³-hybridized carbons (Fsp3) is 0.111. The van der Waals surface area contributed by atoms with Crippen LogP contribution in [0.25, 0.3) is 11.1 Å². The van der Waals surface area contributed by atoms with E-state index in [1.807, 2.05) is 24.3 Å². The summed E-state index contributed by atoms with van der Waals surface area (Å²) in [6.45, 7) is 0. The van der Waals surface area contributed by atoms with E-state index in [4.69, 9.17) is 9.68 Å². The topological polar surface area (TPSA) is 49.8 Å². The van der Waals surface area contributed by atoms with Gasteiger partial charge in [-0.2, -0.15) is 5.26 Å². The van der Waals surface area contributed by atoms with Crippen molar-refractivity contribution in [3.63, 3.8) is 0 Å². The third-order valence-corrected chi connectivity index (χ3v) is 2.30. The Labute approximate surface area is 88.5 Å². The Kier molecular flexibility index (Phi) is 2.19. The standard InChI is InChI=1S/C9H5IN2O/c10-6-1-2-8-7(5-6)12-9(13-8)3-4-11/h1-2,5H,3H2. The minimum atomic E-state index is 0.227. The fourth-order valence-corrected chi connectivity index (χ4v) is 1.57. The minimum Gasteiger partial charge on any atom is -0.440 e. The minimum absolute atomic E-state index is 0.227. The van der Waals surface area contributed by atoms with Crippen LogP contribution in [0.1, 0.15) is 5.89 Å². The van der Waals surface area contributed by atoms with E-state index in [9.17, 15) is 0 Å². The number of aromatic nitrogens is 1. The van der Waals surface area contributed by atoms with Crippen molar-refractivity contribution in [3.05, 3.63) is 27.7 Å². The molecule has 0 bridgehead atoms. The zero-order valence-electron chi connectivity index (χ0n) is 6.62. The van der Waals surface area contributed by atoms with Gasteiger partial charge in [0.25, 0.3) is 0 Å². The van der Waals surface area contributed by atoms with Crippen LogP contribution in [0, 0.1) is 14.9 Å². The van der Waals surface area contributed by atoms with Crippen LogP contribution in [-0.4, -0.2) is 4.98 Å². The SMILES string of the molecule is N#CCc1nc2cc(I)ccc2o1. The molecule has 0 atom stereocenters. The number of halogens is 1. The van der Waals surface area contributed by atoms with Crippen LogP contribution < -0.4 is 0 Å². The largest absolute Gasteiger partial charge is 0.440 e. The molecule has 13 heavy (non-hydrogen) atoms. The third kappa shape index (κ3) is 1.65. The zero-order valence-corrected chi connectivity index (χ0v) is 8.78. The van der Waals surface area contributed by atoms with Gasteiger partial charge in [-0.3, -0.25) is 0 Å². The van der Waals surface area contributed by atoms with Crippen molar-refractivity contribution in [2.75, 3.05) is 0 Å². The number of fused-ring (bicyclic) bond motifs is 1. The number of oxazole rings is 1. The first-order chi connectivity index (χ1) is 6.29. The molecule has 0 aliphatic heterocycles. The molecule has 64 valence electrons. The summed E-state index contributed by atoms with van der Waals surface area (Å²) in [4.78, 5) is 4.17. The van der Waals surface area contributed by atoms with Crippen molar-refractivity contribution >= 4 is 33.7 Å². The molecule has 0 radical (unpaired) electrons. The molecule has 0 unspecified atom stereocenters.